The number of benzene rings is 1. The molecule has 0 saturated carbocycles. The number of carbonyl (C=O) groups is 2. The number of rotatable bonds is 5. The molecule has 1 aliphatic rings. The molecule has 0 radical (unpaired) electrons. The summed E-state index contributed by atoms with van der Waals surface area (Å²) in [4.78, 5) is 38.9. The van der Waals surface area contributed by atoms with Crippen molar-refractivity contribution in [1.29, 1.82) is 0 Å². The number of hydrogen-bond donors (Lipinski definition) is 3. The summed E-state index contributed by atoms with van der Waals surface area (Å²) in [6, 6.07) is 5.99. The molecule has 3 N–H and O–H groups in total. The Morgan fingerprint density at radius 2 is 1.81 bits per heavy atom. The predicted octanol–water partition coefficient (Wildman–Crippen LogP) is 1.68. The second-order valence-corrected chi connectivity index (χ2v) is 6.56. The fourth-order valence-corrected chi connectivity index (χ4v) is 2.98. The summed E-state index contributed by atoms with van der Waals surface area (Å²) >= 11 is 0. The molecule has 1 aromatic carbocycles. The highest BCUT2D eigenvalue weighted by atomic mass is 19.4. The van der Waals surface area contributed by atoms with Crippen LogP contribution in [0.15, 0.2) is 47.8 Å². The van der Waals surface area contributed by atoms with Crippen LogP contribution in [0.25, 0.3) is 6.08 Å². The van der Waals surface area contributed by atoms with Gasteiger partial charge in [-0.05, 0) is 18.2 Å². The van der Waals surface area contributed by atoms with Gasteiger partial charge in [0.1, 0.15) is 5.82 Å². The first-order chi connectivity index (χ1) is 15.2. The summed E-state index contributed by atoms with van der Waals surface area (Å²) < 4.78 is 40.7. The fourth-order valence-electron chi connectivity index (χ4n) is 2.98. The lowest BCUT2D eigenvalue weighted by Crippen LogP contribution is -2.21. The molecule has 4 rings (SSSR count). The van der Waals surface area contributed by atoms with E-state index in [0.29, 0.717) is 22.5 Å². The van der Waals surface area contributed by atoms with Gasteiger partial charge in [-0.2, -0.15) is 13.2 Å². The van der Waals surface area contributed by atoms with Crippen molar-refractivity contribution in [1.82, 2.24) is 20.3 Å². The van der Waals surface area contributed by atoms with Crippen molar-refractivity contribution in [3.63, 3.8) is 0 Å². The SMILES string of the molecule is CNC(=O)c1nccnc1Nc1cc(Nc2ccc3c(c2)=CC(=O)N=3)ncc1C(F)(F)F. The minimum atomic E-state index is -4.71. The third kappa shape index (κ3) is 4.24. The van der Waals surface area contributed by atoms with Gasteiger partial charge in [0.05, 0.1) is 16.6 Å². The van der Waals surface area contributed by atoms with Gasteiger partial charge in [-0.1, -0.05) is 0 Å². The summed E-state index contributed by atoms with van der Waals surface area (Å²) in [5.74, 6) is -1.06. The van der Waals surface area contributed by atoms with Gasteiger partial charge in [0, 0.05) is 48.7 Å². The first-order valence-corrected chi connectivity index (χ1v) is 9.13. The van der Waals surface area contributed by atoms with Crippen LogP contribution in [-0.2, 0) is 11.0 Å². The van der Waals surface area contributed by atoms with Crippen LogP contribution in [0.2, 0.25) is 0 Å². The Balaban J connectivity index is 1.71. The first kappa shape index (κ1) is 20.9. The van der Waals surface area contributed by atoms with Gasteiger partial charge in [0.25, 0.3) is 11.8 Å². The number of hydrogen-bond acceptors (Lipinski definition) is 7. The Morgan fingerprint density at radius 3 is 2.56 bits per heavy atom. The number of halogens is 3. The monoisotopic (exact) mass is 441 g/mol. The van der Waals surface area contributed by atoms with E-state index < -0.39 is 17.6 Å². The van der Waals surface area contributed by atoms with E-state index in [2.05, 4.69) is 35.9 Å². The summed E-state index contributed by atoms with van der Waals surface area (Å²) in [5, 5.41) is 8.88. The van der Waals surface area contributed by atoms with Crippen molar-refractivity contribution in [3.8, 4) is 0 Å². The molecule has 0 spiro atoms. The average Bonchev–Trinajstić information content (AvgIpc) is 3.12. The van der Waals surface area contributed by atoms with Gasteiger partial charge in [-0.3, -0.25) is 9.59 Å². The third-order valence-corrected chi connectivity index (χ3v) is 4.41. The lowest BCUT2D eigenvalue weighted by atomic mass is 10.2. The highest BCUT2D eigenvalue weighted by Gasteiger charge is 2.35. The molecule has 0 atom stereocenters. The minimum absolute atomic E-state index is 0.0899. The number of aromatic nitrogens is 3. The third-order valence-electron chi connectivity index (χ3n) is 4.41. The lowest BCUT2D eigenvalue weighted by Gasteiger charge is -2.16. The molecule has 32 heavy (non-hydrogen) atoms. The van der Waals surface area contributed by atoms with E-state index in [1.165, 1.54) is 25.5 Å². The van der Waals surface area contributed by atoms with Crippen molar-refractivity contribution in [2.75, 3.05) is 17.7 Å². The van der Waals surface area contributed by atoms with E-state index in [0.717, 1.165) is 6.07 Å². The number of nitrogens with one attached hydrogen (secondary N) is 3. The molecule has 2 amide bonds. The molecular weight excluding hydrogens is 427 g/mol. The molecule has 0 unspecified atom stereocenters. The second-order valence-electron chi connectivity index (χ2n) is 6.56. The Morgan fingerprint density at radius 1 is 1.03 bits per heavy atom. The minimum Gasteiger partial charge on any atom is -0.354 e. The van der Waals surface area contributed by atoms with Crippen LogP contribution in [0.5, 0.6) is 0 Å². The van der Waals surface area contributed by atoms with Crippen LogP contribution in [-0.4, -0.2) is 33.8 Å². The van der Waals surface area contributed by atoms with Gasteiger partial charge in [-0.15, -0.1) is 0 Å². The number of amides is 2. The number of carbonyl (C=O) groups excluding carboxylic acids is 2. The van der Waals surface area contributed by atoms with Crippen molar-refractivity contribution >= 4 is 40.9 Å². The van der Waals surface area contributed by atoms with Gasteiger partial charge in [0.2, 0.25) is 0 Å². The maximum Gasteiger partial charge on any atom is 0.419 e. The largest absolute Gasteiger partial charge is 0.419 e. The molecule has 0 saturated heterocycles. The Hall–Kier alpha value is -4.35. The number of pyridine rings is 1. The maximum atomic E-state index is 13.6. The van der Waals surface area contributed by atoms with E-state index in [1.54, 1.807) is 18.2 Å². The smallest absolute Gasteiger partial charge is 0.354 e. The summed E-state index contributed by atoms with van der Waals surface area (Å²) in [6.45, 7) is 0. The number of nitrogens with zero attached hydrogens (tertiary/aromatic N) is 4. The van der Waals surface area contributed by atoms with Crippen LogP contribution >= 0.6 is 0 Å². The molecule has 3 heterocycles. The molecular formula is C20H14F3N7O2. The Kier molecular flexibility index (Phi) is 5.26. The Bertz CT molecular complexity index is 1360. The number of fused-ring (bicyclic) bond motifs is 1. The quantitative estimate of drug-likeness (QED) is 0.551. The number of alkyl halides is 3. The summed E-state index contributed by atoms with van der Waals surface area (Å²) in [5.41, 5.74) is -1.10. The maximum absolute atomic E-state index is 13.6. The summed E-state index contributed by atoms with van der Waals surface area (Å²) in [6.07, 6.45) is -0.202. The average molecular weight is 441 g/mol. The zero-order valence-electron chi connectivity index (χ0n) is 16.4. The van der Waals surface area contributed by atoms with Crippen LogP contribution in [0, 0.1) is 0 Å². The lowest BCUT2D eigenvalue weighted by molar-refractivity contribution is -0.137. The zero-order chi connectivity index (χ0) is 22.9. The fraction of sp³-hybridized carbons (Fsp3) is 0.100. The van der Waals surface area contributed by atoms with Crippen molar-refractivity contribution in [2.45, 2.75) is 6.18 Å². The molecule has 0 aliphatic carbocycles. The van der Waals surface area contributed by atoms with Gasteiger partial charge >= 0.3 is 6.18 Å². The molecule has 12 heteroatoms. The van der Waals surface area contributed by atoms with E-state index in [-0.39, 0.29) is 28.9 Å². The van der Waals surface area contributed by atoms with Gasteiger partial charge < -0.3 is 16.0 Å². The van der Waals surface area contributed by atoms with Crippen molar-refractivity contribution in [2.24, 2.45) is 4.99 Å². The van der Waals surface area contributed by atoms with Crippen molar-refractivity contribution < 1.29 is 22.8 Å². The standard InChI is InChI=1S/C20H14F3N7O2/c1-24-19(32)17-18(26-5-4-25-17)30-14-8-15(27-9-12(14)20(21,22)23)28-11-2-3-13-10(6-11)7-16(31)29-13/h2-9H,1H3,(H,24,32)(H2,26,27,28,30). The molecule has 9 nitrogen and oxygen atoms in total. The summed E-state index contributed by atoms with van der Waals surface area (Å²) in [7, 11) is 1.37. The second kappa shape index (κ2) is 8.06. The van der Waals surface area contributed by atoms with Crippen LogP contribution in [0.4, 0.5) is 36.2 Å². The van der Waals surface area contributed by atoms with Crippen LogP contribution in [0.3, 0.4) is 0 Å². The highest BCUT2D eigenvalue weighted by molar-refractivity contribution is 6.06. The van der Waals surface area contributed by atoms with Crippen LogP contribution < -0.4 is 26.5 Å². The van der Waals surface area contributed by atoms with Crippen molar-refractivity contribution in [3.05, 3.63) is 64.7 Å². The molecule has 3 aromatic rings. The van der Waals surface area contributed by atoms with Gasteiger partial charge in [-0.25, -0.2) is 19.9 Å². The van der Waals surface area contributed by atoms with E-state index in [1.807, 2.05) is 0 Å². The van der Waals surface area contributed by atoms with E-state index in [4.69, 9.17) is 0 Å². The Labute approximate surface area is 178 Å². The van der Waals surface area contributed by atoms with Crippen LogP contribution in [0.1, 0.15) is 16.1 Å². The normalized spacial score (nSPS) is 12.4. The molecule has 0 bridgehead atoms. The number of anilines is 4. The zero-order valence-corrected chi connectivity index (χ0v) is 16.4. The molecule has 0 fully saturated rings. The van der Waals surface area contributed by atoms with E-state index in [9.17, 15) is 22.8 Å². The topological polar surface area (TPSA) is 121 Å². The van der Waals surface area contributed by atoms with E-state index >= 15 is 0 Å². The molecule has 2 aromatic heterocycles. The molecule has 1 aliphatic heterocycles. The predicted molar refractivity (Wildman–Crippen MR) is 108 cm³/mol. The molecule has 162 valence electrons. The first-order valence-electron chi connectivity index (χ1n) is 9.13. The highest BCUT2D eigenvalue weighted by Crippen LogP contribution is 2.37. The van der Waals surface area contributed by atoms with Gasteiger partial charge in [0.15, 0.2) is 11.5 Å².